The third-order valence-corrected chi connectivity index (χ3v) is 14.9. The number of hydrogen-bond acceptors (Lipinski definition) is 2. The average Bonchev–Trinajstić information content (AvgIpc) is 3.79. The van der Waals surface area contributed by atoms with E-state index < -0.39 is 10.8 Å². The highest BCUT2D eigenvalue weighted by molar-refractivity contribution is 5.99. The Morgan fingerprint density at radius 3 is 1.42 bits per heavy atom. The molecule has 0 bridgehead atoms. The molecule has 0 fully saturated rings. The van der Waals surface area contributed by atoms with Crippen LogP contribution in [0.1, 0.15) is 72.6 Å². The molecule has 0 aliphatic heterocycles. The van der Waals surface area contributed by atoms with Crippen LogP contribution in [-0.2, 0) is 10.8 Å². The fraction of sp³-hybridized carbons (Fsp3) is 0.0986. The molecule has 10 aromatic rings. The van der Waals surface area contributed by atoms with E-state index in [4.69, 9.17) is 0 Å². The maximum atomic E-state index is 2.54. The van der Waals surface area contributed by atoms with Crippen LogP contribution >= 0.6 is 0 Å². The average molecular weight is 941 g/mol. The van der Waals surface area contributed by atoms with E-state index in [1.165, 1.54) is 66.9 Å². The quantitative estimate of drug-likeness (QED) is 0.113. The van der Waals surface area contributed by atoms with Crippen molar-refractivity contribution in [1.29, 1.82) is 0 Å². The molecule has 1 unspecified atom stereocenters. The first-order valence-corrected chi connectivity index (χ1v) is 25.9. The van der Waals surface area contributed by atoms with Gasteiger partial charge in [-0.3, -0.25) is 0 Å². The molecule has 2 aliphatic carbocycles. The Morgan fingerprint density at radius 1 is 0.411 bits per heavy atom. The first-order chi connectivity index (χ1) is 36.1. The third kappa shape index (κ3) is 8.29. The van der Waals surface area contributed by atoms with Crippen LogP contribution in [0, 0.1) is 0 Å². The molecule has 0 radical (unpaired) electrons. The van der Waals surface area contributed by atoms with Gasteiger partial charge >= 0.3 is 0 Å². The van der Waals surface area contributed by atoms with Crippen molar-refractivity contribution < 1.29 is 0 Å². The number of allylic oxidation sites excluding steroid dienone is 4. The van der Waals surface area contributed by atoms with Gasteiger partial charge in [0.1, 0.15) is 0 Å². The molecule has 2 nitrogen and oxygen atoms in total. The highest BCUT2D eigenvalue weighted by atomic mass is 15.2. The van der Waals surface area contributed by atoms with Crippen LogP contribution in [0.3, 0.4) is 0 Å². The number of fused-ring (bicyclic) bond motifs is 3. The second-order valence-electron chi connectivity index (χ2n) is 18.8. The number of anilines is 5. The maximum Gasteiger partial charge on any atom is 0.0715 e. The van der Waals surface area contributed by atoms with Crippen LogP contribution in [-0.4, -0.2) is 0 Å². The number of nitrogens with zero attached hydrogens (tertiary/aromatic N) is 2. The minimum atomic E-state index is -0.694. The molecule has 0 spiro atoms. The van der Waals surface area contributed by atoms with Crippen LogP contribution < -0.4 is 9.80 Å². The van der Waals surface area contributed by atoms with Crippen LogP contribution in [0.15, 0.2) is 291 Å². The predicted octanol–water partition coefficient (Wildman–Crippen LogP) is 18.9. The number of para-hydroxylation sites is 3. The zero-order chi connectivity index (χ0) is 49.6. The number of rotatable bonds is 12. The molecule has 0 amide bonds. The number of benzene rings is 10. The minimum absolute atomic E-state index is 0.406. The van der Waals surface area contributed by atoms with Crippen molar-refractivity contribution in [2.45, 2.75) is 44.4 Å². The zero-order valence-electron chi connectivity index (χ0n) is 41.9. The van der Waals surface area contributed by atoms with E-state index in [1.54, 1.807) is 0 Å². The Morgan fingerprint density at radius 2 is 0.877 bits per heavy atom. The Labute approximate surface area is 432 Å². The highest BCUT2D eigenvalue weighted by Crippen LogP contribution is 2.61. The SMILES string of the molecule is CC.CC(c1ccccc1)(c1ccccc1)c1ccccc1-c1ccc(C2(c3ccccc3)c3ccccc3-c3c(N(C4=CC=CCC4)c4ccccc4)cc(N(c4ccccc4)c4ccccc4)cc32)cc1. The van der Waals surface area contributed by atoms with Gasteiger partial charge in [-0.1, -0.05) is 244 Å². The van der Waals surface area contributed by atoms with Crippen molar-refractivity contribution in [1.82, 2.24) is 0 Å². The summed E-state index contributed by atoms with van der Waals surface area (Å²) in [6, 6.07) is 98.4. The molecule has 2 heteroatoms. The molecule has 0 N–H and O–H groups in total. The Hall–Kier alpha value is -8.72. The van der Waals surface area contributed by atoms with Gasteiger partial charge in [-0.15, -0.1) is 0 Å². The monoisotopic (exact) mass is 940 g/mol. The second kappa shape index (κ2) is 20.6. The molecule has 2 aliphatic rings. The van der Waals surface area contributed by atoms with Gasteiger partial charge < -0.3 is 9.80 Å². The number of hydrogen-bond donors (Lipinski definition) is 0. The molecule has 0 aromatic heterocycles. The van der Waals surface area contributed by atoms with Crippen LogP contribution in [0.4, 0.5) is 28.4 Å². The van der Waals surface area contributed by atoms with Gasteiger partial charge in [-0.2, -0.15) is 0 Å². The summed E-state index contributed by atoms with van der Waals surface area (Å²) in [5.74, 6) is 0. The summed E-state index contributed by atoms with van der Waals surface area (Å²) in [6.07, 6.45) is 8.72. The predicted molar refractivity (Wildman–Crippen MR) is 309 cm³/mol. The van der Waals surface area contributed by atoms with Crippen LogP contribution in [0.25, 0.3) is 22.3 Å². The van der Waals surface area contributed by atoms with Gasteiger partial charge in [0.05, 0.1) is 11.1 Å². The summed E-state index contributed by atoms with van der Waals surface area (Å²) in [6.45, 7) is 6.38. The van der Waals surface area contributed by atoms with Crippen LogP contribution in [0.2, 0.25) is 0 Å². The standard InChI is InChI=1S/C69H54N2.C2H6/c1-68(52-27-9-2-10-28-52,53-29-11-3-12-30-53)63-43-25-23-41-61(63)51-45-47-55(48-46-51)69(54-31-13-4-14-32-54)64-44-26-24-42-62(64)67-65(69)49-60(70(56-33-15-5-16-34-56)57-35-17-6-18-36-57)50-66(67)71(58-37-19-7-20-38-58)59-39-21-8-22-40-59;1-2/h2-21,23-39,41-50H,22,40H2,1H3;1-2H3. The third-order valence-electron chi connectivity index (χ3n) is 14.9. The molecule has 0 saturated heterocycles. The summed E-state index contributed by atoms with van der Waals surface area (Å²) >= 11 is 0. The summed E-state index contributed by atoms with van der Waals surface area (Å²) in [5.41, 5.74) is 19.3. The zero-order valence-corrected chi connectivity index (χ0v) is 41.9. The van der Waals surface area contributed by atoms with E-state index in [-0.39, 0.29) is 0 Å². The fourth-order valence-corrected chi connectivity index (χ4v) is 11.7. The van der Waals surface area contributed by atoms with E-state index in [0.29, 0.717) is 0 Å². The van der Waals surface area contributed by atoms with Crippen molar-refractivity contribution in [3.8, 4) is 22.3 Å². The van der Waals surface area contributed by atoms with Gasteiger partial charge in [0.2, 0.25) is 0 Å². The molecule has 73 heavy (non-hydrogen) atoms. The second-order valence-corrected chi connectivity index (χ2v) is 18.8. The molecule has 12 rings (SSSR count). The van der Waals surface area contributed by atoms with Gasteiger partial charge in [-0.05, 0) is 130 Å². The summed E-state index contributed by atoms with van der Waals surface area (Å²) in [5, 5.41) is 0. The Balaban J connectivity index is 0.00000284. The lowest BCUT2D eigenvalue weighted by Gasteiger charge is -2.37. The van der Waals surface area contributed by atoms with E-state index in [1.807, 2.05) is 13.8 Å². The molecule has 354 valence electrons. The van der Waals surface area contributed by atoms with Crippen molar-refractivity contribution in [3.05, 3.63) is 330 Å². The maximum absolute atomic E-state index is 2.54. The largest absolute Gasteiger partial charge is 0.314 e. The lowest BCUT2D eigenvalue weighted by Crippen LogP contribution is -2.29. The summed E-state index contributed by atoms with van der Waals surface area (Å²) < 4.78 is 0. The molecular weight excluding hydrogens is 881 g/mol. The van der Waals surface area contributed by atoms with Crippen molar-refractivity contribution in [2.24, 2.45) is 0 Å². The van der Waals surface area contributed by atoms with Crippen LogP contribution in [0.5, 0.6) is 0 Å². The van der Waals surface area contributed by atoms with Gasteiger partial charge in [0.25, 0.3) is 0 Å². The van der Waals surface area contributed by atoms with Gasteiger partial charge in [0.15, 0.2) is 0 Å². The molecule has 10 aromatic carbocycles. The lowest BCUT2D eigenvalue weighted by molar-refractivity contribution is 0.694. The normalized spacial score (nSPS) is 14.5. The summed E-state index contributed by atoms with van der Waals surface area (Å²) in [7, 11) is 0. The van der Waals surface area contributed by atoms with Crippen molar-refractivity contribution in [3.63, 3.8) is 0 Å². The van der Waals surface area contributed by atoms with E-state index in [0.717, 1.165) is 41.3 Å². The van der Waals surface area contributed by atoms with Crippen molar-refractivity contribution in [2.75, 3.05) is 9.80 Å². The van der Waals surface area contributed by atoms with Gasteiger partial charge in [-0.25, -0.2) is 0 Å². The minimum Gasteiger partial charge on any atom is -0.314 e. The van der Waals surface area contributed by atoms with E-state index in [2.05, 4.69) is 302 Å². The molecule has 1 atom stereocenters. The smallest absolute Gasteiger partial charge is 0.0715 e. The Bertz CT molecular complexity index is 3430. The molecular formula is C71H60N2. The van der Waals surface area contributed by atoms with E-state index in [9.17, 15) is 0 Å². The molecule has 0 saturated carbocycles. The fourth-order valence-electron chi connectivity index (χ4n) is 11.7. The van der Waals surface area contributed by atoms with E-state index >= 15 is 0 Å². The first-order valence-electron chi connectivity index (χ1n) is 25.9. The molecule has 0 heterocycles. The first kappa shape index (κ1) is 46.7. The van der Waals surface area contributed by atoms with Crippen molar-refractivity contribution >= 4 is 28.4 Å². The topological polar surface area (TPSA) is 6.48 Å². The lowest BCUT2D eigenvalue weighted by atomic mass is 9.67. The van der Waals surface area contributed by atoms with Gasteiger partial charge in [0, 0.05) is 39.4 Å². The highest BCUT2D eigenvalue weighted by Gasteiger charge is 2.48. The Kier molecular flexibility index (Phi) is 13.1. The summed E-state index contributed by atoms with van der Waals surface area (Å²) in [4.78, 5) is 4.96.